The molecule has 0 aliphatic heterocycles. The van der Waals surface area contributed by atoms with E-state index in [9.17, 15) is 5.26 Å². The third kappa shape index (κ3) is 5.81. The van der Waals surface area contributed by atoms with Crippen LogP contribution in [0, 0.1) is 11.3 Å². The Balaban J connectivity index is 1.22. The normalized spacial score (nSPS) is 14.6. The van der Waals surface area contributed by atoms with Gasteiger partial charge in [-0.25, -0.2) is 4.98 Å². The lowest BCUT2D eigenvalue weighted by Crippen LogP contribution is -2.44. The van der Waals surface area contributed by atoms with E-state index in [0.29, 0.717) is 28.2 Å². The molecule has 6 nitrogen and oxygen atoms in total. The number of furan rings is 1. The molecule has 5 aromatic carbocycles. The van der Waals surface area contributed by atoms with Crippen molar-refractivity contribution in [2.24, 2.45) is 0 Å². The molecule has 0 saturated heterocycles. The van der Waals surface area contributed by atoms with Gasteiger partial charge >= 0.3 is 0 Å². The number of hydrogen-bond donors (Lipinski definition) is 0. The molecule has 1 aliphatic carbocycles. The molecule has 0 radical (unpaired) electrons. The summed E-state index contributed by atoms with van der Waals surface area (Å²) in [5, 5.41) is 14.1. The zero-order valence-corrected chi connectivity index (χ0v) is 36.7. The summed E-state index contributed by atoms with van der Waals surface area (Å²) in [6, 6.07) is 40.4. The van der Waals surface area contributed by atoms with Crippen molar-refractivity contribution >= 4 is 43.7 Å². The highest BCUT2D eigenvalue weighted by Gasteiger charge is 2.49. The van der Waals surface area contributed by atoms with Crippen LogP contribution in [0.25, 0.3) is 71.9 Å². The summed E-state index contributed by atoms with van der Waals surface area (Å²) in [7, 11) is 0. The number of ether oxygens (including phenoxy) is 1. The van der Waals surface area contributed by atoms with Gasteiger partial charge in [-0.15, -0.1) is 0 Å². The first-order valence-corrected chi connectivity index (χ1v) is 21.2. The minimum Gasteiger partial charge on any atom is -0.453 e. The maximum Gasteiger partial charge on any atom is 0.178 e. The molecule has 0 amide bonds. The Labute approximate surface area is 357 Å². The molecule has 0 fully saturated rings. The first-order chi connectivity index (χ1) is 29.0. The van der Waals surface area contributed by atoms with Crippen molar-refractivity contribution in [1.82, 2.24) is 14.5 Å². The summed E-state index contributed by atoms with van der Waals surface area (Å²) in [6.07, 6.45) is 3.85. The first kappa shape index (κ1) is 38.5. The van der Waals surface area contributed by atoms with Crippen molar-refractivity contribution in [3.63, 3.8) is 0 Å². The second-order valence-electron chi connectivity index (χ2n) is 19.9. The van der Waals surface area contributed by atoms with Crippen LogP contribution in [0.4, 0.5) is 0 Å². The molecular weight excluding hydrogens is 749 g/mol. The van der Waals surface area contributed by atoms with Gasteiger partial charge < -0.3 is 9.15 Å². The number of para-hydroxylation sites is 1. The van der Waals surface area contributed by atoms with Gasteiger partial charge in [-0.2, -0.15) is 5.26 Å². The summed E-state index contributed by atoms with van der Waals surface area (Å²) in [4.78, 5) is 10.1. The smallest absolute Gasteiger partial charge is 0.178 e. The van der Waals surface area contributed by atoms with E-state index >= 15 is 0 Å². The molecule has 1 aliphatic rings. The van der Waals surface area contributed by atoms with E-state index in [1.54, 1.807) is 0 Å². The van der Waals surface area contributed by atoms with Crippen LogP contribution in [0.1, 0.15) is 97.1 Å². The number of hydrogen-bond acceptors (Lipinski definition) is 5. The van der Waals surface area contributed by atoms with Crippen molar-refractivity contribution in [2.75, 3.05) is 0 Å². The predicted octanol–water partition coefficient (Wildman–Crippen LogP) is 14.6. The minimum atomic E-state index is -0.394. The molecule has 6 heteroatoms. The standard InChI is InChI=1S/C55H50N4O2/c1-52(2,3)34-18-16-33(17-19-34)37-24-26-58-50-41-30-45(51-47(40-21-15-32(31-56)27-44(40)61-51)48(41)54(7,8)55(9,10)49(37)50)60-36-20-22-39-38-13-11-12-14-42(38)59(43(39)29-36)46-28-35(23-25-57-46)53(4,5)6/h11-30H,1-10H3. The molecule has 0 spiro atoms. The van der Waals surface area contributed by atoms with Crippen LogP contribution >= 0.6 is 0 Å². The minimum absolute atomic E-state index is 0.0436. The van der Waals surface area contributed by atoms with E-state index in [0.717, 1.165) is 55.2 Å². The maximum absolute atomic E-state index is 9.92. The van der Waals surface area contributed by atoms with Crippen molar-refractivity contribution in [3.05, 3.63) is 149 Å². The van der Waals surface area contributed by atoms with Gasteiger partial charge in [0.15, 0.2) is 11.3 Å². The molecule has 0 saturated carbocycles. The van der Waals surface area contributed by atoms with Crippen LogP contribution in [0.5, 0.6) is 11.5 Å². The van der Waals surface area contributed by atoms with Gasteiger partial charge in [0.25, 0.3) is 0 Å². The summed E-state index contributed by atoms with van der Waals surface area (Å²) in [6.45, 7) is 22.8. The van der Waals surface area contributed by atoms with E-state index in [1.165, 1.54) is 27.8 Å². The lowest BCUT2D eigenvalue weighted by Gasteiger charge is -2.49. The number of benzene rings is 5. The Bertz CT molecular complexity index is 3300. The quantitative estimate of drug-likeness (QED) is 0.177. The van der Waals surface area contributed by atoms with Gasteiger partial charge in [-0.05, 0) is 105 Å². The molecule has 61 heavy (non-hydrogen) atoms. The highest BCUT2D eigenvalue weighted by atomic mass is 16.5. The van der Waals surface area contributed by atoms with Gasteiger partial charge in [-0.1, -0.05) is 112 Å². The Morgan fingerprint density at radius 3 is 2.07 bits per heavy atom. The average Bonchev–Trinajstić information content (AvgIpc) is 3.78. The number of rotatable bonds is 4. The van der Waals surface area contributed by atoms with Crippen molar-refractivity contribution < 1.29 is 9.15 Å². The lowest BCUT2D eigenvalue weighted by molar-refractivity contribution is 0.301. The van der Waals surface area contributed by atoms with E-state index < -0.39 is 5.41 Å². The SMILES string of the molecule is CC(C)(C)c1ccc(-c2ccnc3c2C(C)(C)C(C)(C)c2c-3cc(Oc3ccc4c5ccccc5n(-c5cc(C(C)(C)C)ccn5)c4c3)c3oc4cc(C#N)ccc4c23)cc1. The van der Waals surface area contributed by atoms with Crippen LogP contribution in [0.15, 0.2) is 126 Å². The van der Waals surface area contributed by atoms with E-state index in [4.69, 9.17) is 19.1 Å². The summed E-state index contributed by atoms with van der Waals surface area (Å²) in [5.74, 6) is 2.11. The second-order valence-corrected chi connectivity index (χ2v) is 19.9. The molecular formula is C55H50N4O2. The Morgan fingerprint density at radius 2 is 1.33 bits per heavy atom. The monoisotopic (exact) mass is 798 g/mol. The zero-order chi connectivity index (χ0) is 42.8. The lowest BCUT2D eigenvalue weighted by atomic mass is 9.54. The molecule has 4 aromatic heterocycles. The van der Waals surface area contributed by atoms with Crippen molar-refractivity contribution in [3.8, 4) is 45.8 Å². The van der Waals surface area contributed by atoms with Crippen LogP contribution in [0.3, 0.4) is 0 Å². The van der Waals surface area contributed by atoms with Crippen molar-refractivity contribution in [1.29, 1.82) is 5.26 Å². The average molecular weight is 799 g/mol. The molecule has 0 unspecified atom stereocenters. The van der Waals surface area contributed by atoms with Gasteiger partial charge in [-0.3, -0.25) is 9.55 Å². The third-order valence-electron chi connectivity index (χ3n) is 13.6. The fourth-order valence-corrected chi connectivity index (χ4v) is 9.61. The van der Waals surface area contributed by atoms with E-state index in [2.05, 4.69) is 165 Å². The summed E-state index contributed by atoms with van der Waals surface area (Å²) >= 11 is 0. The Hall–Kier alpha value is -6.71. The van der Waals surface area contributed by atoms with Crippen LogP contribution < -0.4 is 4.74 Å². The number of fused-ring (bicyclic) bond motifs is 10. The van der Waals surface area contributed by atoms with Gasteiger partial charge in [0.05, 0.1) is 28.4 Å². The fourth-order valence-electron chi connectivity index (χ4n) is 9.61. The second kappa shape index (κ2) is 13.1. The van der Waals surface area contributed by atoms with E-state index in [1.807, 2.05) is 36.7 Å². The molecule has 0 N–H and O–H groups in total. The highest BCUT2D eigenvalue weighted by Crippen LogP contribution is 2.59. The van der Waals surface area contributed by atoms with Crippen LogP contribution in [-0.4, -0.2) is 14.5 Å². The summed E-state index contributed by atoms with van der Waals surface area (Å²) in [5.41, 5.74) is 12.3. The largest absolute Gasteiger partial charge is 0.453 e. The zero-order valence-electron chi connectivity index (χ0n) is 36.7. The topological polar surface area (TPSA) is 76.9 Å². The number of pyridine rings is 2. The molecule has 10 rings (SSSR count). The van der Waals surface area contributed by atoms with Gasteiger partial charge in [0, 0.05) is 56.4 Å². The molecule has 0 atom stereocenters. The third-order valence-corrected chi connectivity index (χ3v) is 13.6. The summed E-state index contributed by atoms with van der Waals surface area (Å²) < 4.78 is 16.1. The maximum atomic E-state index is 9.92. The number of aromatic nitrogens is 3. The number of nitrogens with zero attached hydrogens (tertiary/aromatic N) is 4. The first-order valence-electron chi connectivity index (χ1n) is 21.2. The molecule has 302 valence electrons. The highest BCUT2D eigenvalue weighted by molar-refractivity contribution is 6.13. The molecule has 4 heterocycles. The van der Waals surface area contributed by atoms with Gasteiger partial charge in [0.2, 0.25) is 0 Å². The van der Waals surface area contributed by atoms with Crippen LogP contribution in [0.2, 0.25) is 0 Å². The van der Waals surface area contributed by atoms with Gasteiger partial charge in [0.1, 0.15) is 17.2 Å². The fraction of sp³-hybridized carbons (Fsp3) is 0.255. The Morgan fingerprint density at radius 1 is 0.639 bits per heavy atom. The molecule has 0 bridgehead atoms. The van der Waals surface area contributed by atoms with Crippen LogP contribution in [-0.2, 0) is 21.7 Å². The molecule has 9 aromatic rings. The van der Waals surface area contributed by atoms with Crippen molar-refractivity contribution in [2.45, 2.75) is 90.9 Å². The number of nitriles is 1. The van der Waals surface area contributed by atoms with E-state index in [-0.39, 0.29) is 16.2 Å². The predicted molar refractivity (Wildman–Crippen MR) is 249 cm³/mol. The Kier molecular flexibility index (Phi) is 8.29.